The van der Waals surface area contributed by atoms with Crippen LogP contribution in [0.4, 0.5) is 0 Å². The molecule has 0 N–H and O–H groups in total. The van der Waals surface area contributed by atoms with Gasteiger partial charge in [0.1, 0.15) is 0 Å². The van der Waals surface area contributed by atoms with E-state index in [9.17, 15) is 4.79 Å². The number of rotatable bonds is 5. The van der Waals surface area contributed by atoms with Crippen molar-refractivity contribution >= 4 is 32.8 Å². The third-order valence-corrected chi connectivity index (χ3v) is 5.22. The Morgan fingerprint density at radius 3 is 1.95 bits per heavy atom. The van der Waals surface area contributed by atoms with Crippen molar-refractivity contribution in [3.63, 3.8) is 0 Å². The van der Waals surface area contributed by atoms with Gasteiger partial charge in [-0.3, -0.25) is 4.79 Å². The zero-order chi connectivity index (χ0) is 14.9. The molecule has 0 amide bonds. The lowest BCUT2D eigenvalue weighted by molar-refractivity contribution is -0.115. The minimum absolute atomic E-state index is 0.269. The van der Waals surface area contributed by atoms with Gasteiger partial charge in [0.2, 0.25) is 5.24 Å². The summed E-state index contributed by atoms with van der Waals surface area (Å²) in [5.41, 5.74) is 3.71. The molecule has 0 fully saturated rings. The van der Waals surface area contributed by atoms with Crippen molar-refractivity contribution in [3.8, 4) is 11.1 Å². The van der Waals surface area contributed by atoms with Gasteiger partial charge in [-0.2, -0.15) is 0 Å². The number of halogens is 2. The molecule has 1 aliphatic rings. The zero-order valence-corrected chi connectivity index (χ0v) is 14.0. The summed E-state index contributed by atoms with van der Waals surface area (Å²) in [6, 6.07) is 16.3. The van der Waals surface area contributed by atoms with Gasteiger partial charge in [0, 0.05) is 5.33 Å². The molecule has 0 radical (unpaired) electrons. The van der Waals surface area contributed by atoms with Gasteiger partial charge in [-0.25, -0.2) is 0 Å². The Morgan fingerprint density at radius 2 is 1.48 bits per heavy atom. The summed E-state index contributed by atoms with van der Waals surface area (Å²) in [6.45, 7) is 0. The molecular weight excluding hydrogens is 348 g/mol. The van der Waals surface area contributed by atoms with E-state index < -0.39 is 5.41 Å². The summed E-state index contributed by atoms with van der Waals surface area (Å²) in [5, 5.41) is 0.678. The lowest BCUT2D eigenvalue weighted by Crippen LogP contribution is -2.32. The summed E-state index contributed by atoms with van der Waals surface area (Å²) >= 11 is 9.58. The van der Waals surface area contributed by atoms with Crippen molar-refractivity contribution in [2.45, 2.75) is 24.7 Å². The van der Waals surface area contributed by atoms with Crippen molar-refractivity contribution in [1.29, 1.82) is 0 Å². The lowest BCUT2D eigenvalue weighted by Gasteiger charge is -2.28. The minimum Gasteiger partial charge on any atom is -0.280 e. The monoisotopic (exact) mass is 362 g/mol. The van der Waals surface area contributed by atoms with Crippen LogP contribution in [-0.2, 0) is 10.2 Å². The Labute approximate surface area is 138 Å². The molecular formula is C18H16BrClO. The number of carbonyl (C=O) groups excluding carboxylic acids is 1. The first-order valence-corrected chi connectivity index (χ1v) is 8.67. The SMILES string of the molecule is O=C(Cl)C1(CCCCBr)c2ccccc2-c2ccccc21. The molecule has 2 aromatic carbocycles. The zero-order valence-electron chi connectivity index (χ0n) is 11.6. The second-order valence-corrected chi connectivity index (χ2v) is 6.55. The van der Waals surface area contributed by atoms with Gasteiger partial charge in [0.25, 0.3) is 0 Å². The predicted molar refractivity (Wildman–Crippen MR) is 91.2 cm³/mol. The van der Waals surface area contributed by atoms with Crippen LogP contribution in [0.1, 0.15) is 30.4 Å². The minimum atomic E-state index is -0.684. The fourth-order valence-corrected chi connectivity index (χ4v) is 4.08. The molecule has 3 heteroatoms. The second-order valence-electron chi connectivity index (χ2n) is 5.42. The summed E-state index contributed by atoms with van der Waals surface area (Å²) < 4.78 is 0. The van der Waals surface area contributed by atoms with Gasteiger partial charge < -0.3 is 0 Å². The molecule has 1 nitrogen and oxygen atoms in total. The maximum absolute atomic E-state index is 12.4. The van der Waals surface area contributed by atoms with Crippen LogP contribution in [0, 0.1) is 0 Å². The van der Waals surface area contributed by atoms with Crippen LogP contribution in [0.25, 0.3) is 11.1 Å². The van der Waals surface area contributed by atoms with Gasteiger partial charge >= 0.3 is 0 Å². The average Bonchev–Trinajstić information content (AvgIpc) is 2.80. The first-order chi connectivity index (χ1) is 10.2. The number of fused-ring (bicyclic) bond motifs is 3. The van der Waals surface area contributed by atoms with Crippen molar-refractivity contribution in [3.05, 3.63) is 59.7 Å². The maximum Gasteiger partial charge on any atom is 0.236 e. The van der Waals surface area contributed by atoms with Gasteiger partial charge in [-0.05, 0) is 46.7 Å². The summed E-state index contributed by atoms with van der Waals surface area (Å²) in [4.78, 5) is 12.4. The van der Waals surface area contributed by atoms with Crippen LogP contribution in [0.15, 0.2) is 48.5 Å². The van der Waals surface area contributed by atoms with Crippen molar-refractivity contribution in [1.82, 2.24) is 0 Å². The Hall–Kier alpha value is -1.12. The number of carbonyl (C=O) groups is 1. The molecule has 0 saturated carbocycles. The van der Waals surface area contributed by atoms with E-state index >= 15 is 0 Å². The highest BCUT2D eigenvalue weighted by Crippen LogP contribution is 2.52. The highest BCUT2D eigenvalue weighted by Gasteiger charge is 2.47. The van der Waals surface area contributed by atoms with Crippen LogP contribution < -0.4 is 0 Å². The number of hydrogen-bond acceptors (Lipinski definition) is 1. The van der Waals surface area contributed by atoms with Gasteiger partial charge in [0.05, 0.1) is 5.41 Å². The van der Waals surface area contributed by atoms with E-state index in [0.29, 0.717) is 0 Å². The first kappa shape index (κ1) is 14.8. The topological polar surface area (TPSA) is 17.1 Å². The fourth-order valence-electron chi connectivity index (χ4n) is 3.39. The van der Waals surface area contributed by atoms with Gasteiger partial charge in [-0.15, -0.1) is 0 Å². The average molecular weight is 364 g/mol. The van der Waals surface area contributed by atoms with Gasteiger partial charge in [0.15, 0.2) is 0 Å². The Morgan fingerprint density at radius 1 is 0.952 bits per heavy atom. The molecule has 0 aromatic heterocycles. The molecule has 21 heavy (non-hydrogen) atoms. The molecule has 0 bridgehead atoms. The molecule has 0 atom stereocenters. The Balaban J connectivity index is 2.20. The standard InChI is InChI=1S/C18H16BrClO/c19-12-6-5-11-18(17(20)21)15-9-3-1-7-13(15)14-8-2-4-10-16(14)18/h1-4,7-10H,5-6,11-12H2. The van der Waals surface area contributed by atoms with E-state index in [0.717, 1.165) is 46.8 Å². The number of benzene rings is 2. The summed E-state index contributed by atoms with van der Waals surface area (Å²) in [6.07, 6.45) is 2.76. The predicted octanol–water partition coefficient (Wildman–Crippen LogP) is 5.28. The smallest absolute Gasteiger partial charge is 0.236 e. The molecule has 108 valence electrons. The Kier molecular flexibility index (Phi) is 4.19. The first-order valence-electron chi connectivity index (χ1n) is 7.17. The summed E-state index contributed by atoms with van der Waals surface area (Å²) in [5.74, 6) is 0. The van der Waals surface area contributed by atoms with E-state index in [1.807, 2.05) is 36.4 Å². The van der Waals surface area contributed by atoms with Crippen LogP contribution in [0.2, 0.25) is 0 Å². The largest absolute Gasteiger partial charge is 0.280 e. The third kappa shape index (κ3) is 2.25. The van der Waals surface area contributed by atoms with Crippen molar-refractivity contribution < 1.29 is 4.79 Å². The molecule has 1 aliphatic carbocycles. The highest BCUT2D eigenvalue weighted by molar-refractivity contribution is 9.09. The van der Waals surface area contributed by atoms with Crippen LogP contribution in [0.5, 0.6) is 0 Å². The Bertz CT molecular complexity index is 635. The number of unbranched alkanes of at least 4 members (excludes halogenated alkanes) is 1. The molecule has 0 aliphatic heterocycles. The normalized spacial score (nSPS) is 14.6. The molecule has 3 rings (SSSR count). The number of alkyl halides is 1. The highest BCUT2D eigenvalue weighted by atomic mass is 79.9. The van der Waals surface area contributed by atoms with Crippen molar-refractivity contribution in [2.75, 3.05) is 5.33 Å². The van der Waals surface area contributed by atoms with Crippen molar-refractivity contribution in [2.24, 2.45) is 0 Å². The molecule has 0 spiro atoms. The number of hydrogen-bond donors (Lipinski definition) is 0. The van der Waals surface area contributed by atoms with Crippen LogP contribution in [-0.4, -0.2) is 10.6 Å². The lowest BCUT2D eigenvalue weighted by atomic mass is 9.75. The third-order valence-electron chi connectivity index (χ3n) is 4.33. The van der Waals surface area contributed by atoms with E-state index in [4.69, 9.17) is 11.6 Å². The quantitative estimate of drug-likeness (QED) is 0.401. The second kappa shape index (κ2) is 5.94. The molecule has 2 aromatic rings. The van der Waals surface area contributed by atoms with Crippen LogP contribution in [0.3, 0.4) is 0 Å². The fraction of sp³-hybridized carbons (Fsp3) is 0.278. The van der Waals surface area contributed by atoms with E-state index in [2.05, 4.69) is 28.1 Å². The van der Waals surface area contributed by atoms with Gasteiger partial charge in [-0.1, -0.05) is 70.9 Å². The molecule has 0 unspecified atom stereocenters. The molecule has 0 heterocycles. The van der Waals surface area contributed by atoms with Crippen LogP contribution >= 0.6 is 27.5 Å². The van der Waals surface area contributed by atoms with E-state index in [1.54, 1.807) is 0 Å². The summed E-state index contributed by atoms with van der Waals surface area (Å²) in [7, 11) is 0. The molecule has 0 saturated heterocycles. The maximum atomic E-state index is 12.4. The van der Waals surface area contributed by atoms with E-state index in [1.165, 1.54) is 0 Å². The van der Waals surface area contributed by atoms with E-state index in [-0.39, 0.29) is 5.24 Å².